The third-order valence-electron chi connectivity index (χ3n) is 0. The monoisotopic (exact) mass is 434 g/mol. The van der Waals surface area contributed by atoms with Crippen LogP contribution in [0.3, 0.4) is 0 Å². The summed E-state index contributed by atoms with van der Waals surface area (Å²) in [5, 5.41) is 0. The Hall–Kier alpha value is 2.70. The first-order valence-corrected chi connectivity index (χ1v) is 0. The molecule has 0 unspecified atom stereocenters. The second kappa shape index (κ2) is 17.3. The zero-order valence-corrected chi connectivity index (χ0v) is 8.87. The van der Waals surface area contributed by atoms with Crippen molar-refractivity contribution >= 4 is 27.3 Å². The molecule has 0 aliphatic carbocycles. The molecule has 4 heavy (non-hydrogen) atoms. The normalized spacial score (nSPS) is 0. The smallest absolute Gasteiger partial charge is 0 e. The van der Waals surface area contributed by atoms with Crippen molar-refractivity contribution in [3.05, 3.63) is 0 Å². The fourth-order valence-electron chi connectivity index (χ4n) is 0. The van der Waals surface area contributed by atoms with Gasteiger partial charge in [0.25, 0.3) is 0 Å². The van der Waals surface area contributed by atoms with E-state index in [1.807, 2.05) is 0 Å². The number of hydrogen-bond acceptors (Lipinski definition) is 0. The second-order valence-electron chi connectivity index (χ2n) is 0. The first kappa shape index (κ1) is 29.9. The van der Waals surface area contributed by atoms with Crippen LogP contribution in [0.15, 0.2) is 0 Å². The molecule has 0 nitrogen and oxygen atoms in total. The zero-order valence-electron chi connectivity index (χ0n) is 1.46. The van der Waals surface area contributed by atoms with Crippen LogP contribution in [0.2, 0.25) is 0 Å². The Morgan fingerprint density at radius 1 is 1.00 bits per heavy atom. The Morgan fingerprint density at radius 2 is 1.00 bits per heavy atom. The van der Waals surface area contributed by atoms with Crippen LogP contribution in [0.4, 0.5) is 0 Å². The van der Waals surface area contributed by atoms with Gasteiger partial charge in [-0.05, 0) is 0 Å². The summed E-state index contributed by atoms with van der Waals surface area (Å²) in [5.41, 5.74) is 0. The topological polar surface area (TPSA) is 0 Å². The molecule has 0 bridgehead atoms. The molecular formula is AgCuFePb. The van der Waals surface area contributed by atoms with Crippen molar-refractivity contribution in [2.75, 3.05) is 0 Å². The molecule has 0 aromatic carbocycles. The van der Waals surface area contributed by atoms with Gasteiger partial charge in [-0.2, -0.15) is 0 Å². The van der Waals surface area contributed by atoms with Crippen LogP contribution in [0.5, 0.6) is 0 Å². The Kier molecular flexibility index (Phi) is 129. The molecule has 0 saturated carbocycles. The summed E-state index contributed by atoms with van der Waals surface area (Å²) in [6.45, 7) is 0. The zero-order chi connectivity index (χ0) is 0. The van der Waals surface area contributed by atoms with Crippen LogP contribution in [-0.4, -0.2) is 27.3 Å². The van der Waals surface area contributed by atoms with Crippen molar-refractivity contribution in [3.8, 4) is 0 Å². The molecular weight excluding hydrogens is 434 g/mol. The summed E-state index contributed by atoms with van der Waals surface area (Å²) in [7, 11) is 0. The van der Waals surface area contributed by atoms with Gasteiger partial charge in [-0.15, -0.1) is 0 Å². The van der Waals surface area contributed by atoms with Crippen LogP contribution >= 0.6 is 0 Å². The van der Waals surface area contributed by atoms with Gasteiger partial charge in [0.1, 0.15) is 0 Å². The second-order valence-corrected chi connectivity index (χ2v) is 0. The Balaban J connectivity index is 0. The van der Waals surface area contributed by atoms with E-state index in [0.717, 1.165) is 0 Å². The van der Waals surface area contributed by atoms with Crippen molar-refractivity contribution in [1.82, 2.24) is 0 Å². The molecule has 0 N–H and O–H groups in total. The summed E-state index contributed by atoms with van der Waals surface area (Å²) in [6.07, 6.45) is 0. The van der Waals surface area contributed by atoms with Gasteiger partial charge >= 0.3 is 0 Å². The van der Waals surface area contributed by atoms with Crippen molar-refractivity contribution in [1.29, 1.82) is 0 Å². The summed E-state index contributed by atoms with van der Waals surface area (Å²) < 4.78 is 0. The van der Waals surface area contributed by atoms with Crippen LogP contribution in [0, 0.1) is 0 Å². The molecule has 0 heterocycles. The quantitative estimate of drug-likeness (QED) is 0.456. The van der Waals surface area contributed by atoms with E-state index in [0.29, 0.717) is 0 Å². The Labute approximate surface area is 82.5 Å². The molecule has 0 aromatic heterocycles. The van der Waals surface area contributed by atoms with Crippen molar-refractivity contribution in [2.24, 2.45) is 0 Å². The minimum Gasteiger partial charge on any atom is 0 e. The predicted molar refractivity (Wildman–Crippen MR) is 5.75 cm³/mol. The van der Waals surface area contributed by atoms with Gasteiger partial charge in [-0.1, -0.05) is 0 Å². The SMILES string of the molecule is [Ag].[Cu].[Fe].[Pb]. The maximum Gasteiger partial charge on any atom is 0 e. The van der Waals surface area contributed by atoms with Gasteiger partial charge in [-0.25, -0.2) is 0 Å². The molecule has 0 fully saturated rings. The van der Waals surface area contributed by atoms with Gasteiger partial charge in [0.15, 0.2) is 0 Å². The number of rotatable bonds is 0. The van der Waals surface area contributed by atoms with Crippen LogP contribution in [0.25, 0.3) is 0 Å². The van der Waals surface area contributed by atoms with Crippen LogP contribution in [0.1, 0.15) is 0 Å². The molecule has 0 aliphatic rings. The van der Waals surface area contributed by atoms with Crippen molar-refractivity contribution in [3.63, 3.8) is 0 Å². The summed E-state index contributed by atoms with van der Waals surface area (Å²) in [6, 6.07) is 0. The van der Waals surface area contributed by atoms with Gasteiger partial charge in [0.05, 0.1) is 0 Å². The molecule has 0 rings (SSSR count). The van der Waals surface area contributed by atoms with E-state index in [9.17, 15) is 0 Å². The average Bonchev–Trinajstić information content (AvgIpc) is 0. The van der Waals surface area contributed by atoms with Gasteiger partial charge in [0, 0.05) is 83.8 Å². The Morgan fingerprint density at radius 3 is 1.00 bits per heavy atom. The summed E-state index contributed by atoms with van der Waals surface area (Å²) >= 11 is 0. The van der Waals surface area contributed by atoms with E-state index in [4.69, 9.17) is 0 Å². The molecule has 4 heteroatoms. The standard InChI is InChI=1S/Ag.Cu.Fe.Pb. The minimum absolute atomic E-state index is 0. The molecule has 0 spiro atoms. The summed E-state index contributed by atoms with van der Waals surface area (Å²) in [4.78, 5) is 0. The third-order valence-corrected chi connectivity index (χ3v) is 0. The van der Waals surface area contributed by atoms with Crippen LogP contribution < -0.4 is 0 Å². The number of hydrogen-bond donors (Lipinski definition) is 0. The van der Waals surface area contributed by atoms with Crippen LogP contribution in [-0.2, 0) is 56.5 Å². The van der Waals surface area contributed by atoms with Crippen molar-refractivity contribution in [2.45, 2.75) is 0 Å². The molecule has 0 aliphatic heterocycles. The van der Waals surface area contributed by atoms with Gasteiger partial charge in [-0.3, -0.25) is 0 Å². The van der Waals surface area contributed by atoms with Gasteiger partial charge in [0.2, 0.25) is 0 Å². The largest absolute Gasteiger partial charge is 0 e. The van der Waals surface area contributed by atoms with Gasteiger partial charge < -0.3 is 0 Å². The van der Waals surface area contributed by atoms with E-state index in [1.165, 1.54) is 0 Å². The first-order chi connectivity index (χ1) is 0. The fraction of sp³-hybridized carbons (Fsp3) is 0. The van der Waals surface area contributed by atoms with E-state index in [2.05, 4.69) is 0 Å². The van der Waals surface area contributed by atoms with E-state index in [-0.39, 0.29) is 83.8 Å². The molecule has 6 radical (unpaired) electrons. The predicted octanol–water partition coefficient (Wildman–Crippen LogP) is -0.388. The molecule has 34 valence electrons. The first-order valence-electron chi connectivity index (χ1n) is 0. The molecule has 0 atom stereocenters. The van der Waals surface area contributed by atoms with Crippen molar-refractivity contribution < 1.29 is 56.5 Å². The molecule has 0 saturated heterocycles. The van der Waals surface area contributed by atoms with E-state index in [1.54, 1.807) is 0 Å². The third kappa shape index (κ3) is 8.83. The fourth-order valence-corrected chi connectivity index (χ4v) is 0. The van der Waals surface area contributed by atoms with E-state index < -0.39 is 0 Å². The maximum absolute atomic E-state index is 0. The maximum atomic E-state index is 0. The minimum atomic E-state index is 0. The summed E-state index contributed by atoms with van der Waals surface area (Å²) in [5.74, 6) is 0. The Bertz CT molecular complexity index is 8.00. The molecule has 0 aromatic rings. The molecule has 0 amide bonds. The average molecular weight is 434 g/mol. The van der Waals surface area contributed by atoms with E-state index >= 15 is 0 Å².